The lowest BCUT2D eigenvalue weighted by Gasteiger charge is -2.40. The summed E-state index contributed by atoms with van der Waals surface area (Å²) in [6.45, 7) is 8.91. The second-order valence-corrected chi connectivity index (χ2v) is 5.76. The van der Waals surface area contributed by atoms with Crippen LogP contribution in [0.15, 0.2) is 30.3 Å². The first-order valence-corrected chi connectivity index (χ1v) is 7.72. The van der Waals surface area contributed by atoms with Crippen LogP contribution < -0.4 is 5.32 Å². The molecule has 1 fully saturated rings. The highest BCUT2D eigenvalue weighted by Crippen LogP contribution is 2.34. The van der Waals surface area contributed by atoms with E-state index in [2.05, 4.69) is 38.2 Å². The minimum atomic E-state index is -0.363. The van der Waals surface area contributed by atoms with Gasteiger partial charge in [-0.3, -0.25) is 4.79 Å². The van der Waals surface area contributed by atoms with Crippen molar-refractivity contribution in [2.75, 3.05) is 19.6 Å². The highest BCUT2D eigenvalue weighted by atomic mass is 35.5. The third-order valence-electron chi connectivity index (χ3n) is 4.60. The van der Waals surface area contributed by atoms with Gasteiger partial charge >= 0.3 is 0 Å². The van der Waals surface area contributed by atoms with Gasteiger partial charge in [-0.1, -0.05) is 44.2 Å². The molecule has 1 atom stereocenters. The summed E-state index contributed by atoms with van der Waals surface area (Å²) in [6, 6.07) is 10.6. The van der Waals surface area contributed by atoms with Crippen LogP contribution in [-0.2, 0) is 10.2 Å². The van der Waals surface area contributed by atoms with Crippen molar-refractivity contribution in [1.29, 1.82) is 0 Å². The Morgan fingerprint density at radius 2 is 1.90 bits per heavy atom. The van der Waals surface area contributed by atoms with E-state index in [0.717, 1.165) is 38.0 Å². The molecule has 1 aromatic rings. The summed E-state index contributed by atoms with van der Waals surface area (Å²) < 4.78 is 0. The van der Waals surface area contributed by atoms with Crippen LogP contribution in [0.4, 0.5) is 0 Å². The maximum atomic E-state index is 13.1. The molecule has 0 aliphatic carbocycles. The zero-order valence-corrected chi connectivity index (χ0v) is 14.1. The molecule has 118 valence electrons. The summed E-state index contributed by atoms with van der Waals surface area (Å²) in [6.07, 6.45) is 1.70. The van der Waals surface area contributed by atoms with Crippen molar-refractivity contribution in [2.45, 2.75) is 45.1 Å². The lowest BCUT2D eigenvalue weighted by molar-refractivity contribution is -0.139. The normalized spacial score (nSPS) is 19.0. The molecule has 21 heavy (non-hydrogen) atoms. The third-order valence-corrected chi connectivity index (χ3v) is 4.60. The van der Waals surface area contributed by atoms with Crippen LogP contribution in [0.5, 0.6) is 0 Å². The monoisotopic (exact) mass is 310 g/mol. The number of hydrogen-bond donors (Lipinski definition) is 1. The highest BCUT2D eigenvalue weighted by molar-refractivity contribution is 5.88. The molecule has 1 heterocycles. The van der Waals surface area contributed by atoms with Gasteiger partial charge < -0.3 is 10.2 Å². The molecule has 1 saturated heterocycles. The van der Waals surface area contributed by atoms with Crippen LogP contribution in [0.1, 0.15) is 39.2 Å². The summed E-state index contributed by atoms with van der Waals surface area (Å²) in [7, 11) is 0. The Morgan fingerprint density at radius 1 is 1.29 bits per heavy atom. The largest absolute Gasteiger partial charge is 0.339 e. The minimum Gasteiger partial charge on any atom is -0.339 e. The number of nitrogens with one attached hydrogen (secondary N) is 1. The van der Waals surface area contributed by atoms with Gasteiger partial charge in [0.1, 0.15) is 0 Å². The van der Waals surface area contributed by atoms with Crippen LogP contribution in [0.25, 0.3) is 0 Å². The number of amides is 1. The Balaban J connectivity index is 0.00000220. The van der Waals surface area contributed by atoms with E-state index < -0.39 is 0 Å². The molecular weight excluding hydrogens is 284 g/mol. The molecule has 2 rings (SSSR count). The van der Waals surface area contributed by atoms with Gasteiger partial charge in [-0.2, -0.15) is 0 Å². The molecule has 1 amide bonds. The summed E-state index contributed by atoms with van der Waals surface area (Å²) in [5, 5.41) is 3.40. The fourth-order valence-corrected chi connectivity index (χ4v) is 3.26. The molecule has 0 saturated carbocycles. The maximum absolute atomic E-state index is 13.1. The van der Waals surface area contributed by atoms with Crippen LogP contribution in [0.2, 0.25) is 0 Å². The number of piperazine rings is 1. The zero-order valence-electron chi connectivity index (χ0n) is 13.3. The van der Waals surface area contributed by atoms with E-state index in [1.54, 1.807) is 0 Å². The molecule has 0 radical (unpaired) electrons. The fraction of sp³-hybridized carbons (Fsp3) is 0.588. The van der Waals surface area contributed by atoms with Crippen LogP contribution in [0.3, 0.4) is 0 Å². The molecule has 1 aliphatic rings. The first-order chi connectivity index (χ1) is 9.64. The molecule has 0 bridgehead atoms. The van der Waals surface area contributed by atoms with E-state index in [1.807, 2.05) is 23.1 Å². The van der Waals surface area contributed by atoms with Gasteiger partial charge in [0.25, 0.3) is 0 Å². The lowest BCUT2D eigenvalue weighted by Crippen LogP contribution is -2.56. The highest BCUT2D eigenvalue weighted by Gasteiger charge is 2.40. The molecule has 0 aromatic heterocycles. The number of nitrogens with zero attached hydrogens (tertiary/aromatic N) is 1. The quantitative estimate of drug-likeness (QED) is 0.927. The Bertz CT molecular complexity index is 445. The maximum Gasteiger partial charge on any atom is 0.233 e. The standard InChI is InChI=1S/C17H26N2O.ClH/c1-4-17(5-2,15-9-7-6-8-10-15)16(20)19-12-11-18-14(3)13-19;/h6-10,14,18H,4-5,11-13H2,1-3H3;1H. The van der Waals surface area contributed by atoms with Crippen molar-refractivity contribution in [3.8, 4) is 0 Å². The van der Waals surface area contributed by atoms with Gasteiger partial charge in [-0.25, -0.2) is 0 Å². The summed E-state index contributed by atoms with van der Waals surface area (Å²) in [5.41, 5.74) is 0.791. The van der Waals surface area contributed by atoms with E-state index >= 15 is 0 Å². The van der Waals surface area contributed by atoms with Crippen molar-refractivity contribution < 1.29 is 4.79 Å². The second kappa shape index (κ2) is 7.81. The number of hydrogen-bond acceptors (Lipinski definition) is 2. The zero-order chi connectivity index (χ0) is 14.6. The number of rotatable bonds is 4. The number of carbonyl (C=O) groups excluding carboxylic acids is 1. The molecule has 1 aliphatic heterocycles. The second-order valence-electron chi connectivity index (χ2n) is 5.76. The summed E-state index contributed by atoms with van der Waals surface area (Å²) in [5.74, 6) is 0.294. The van der Waals surface area contributed by atoms with Crippen molar-refractivity contribution in [3.63, 3.8) is 0 Å². The van der Waals surface area contributed by atoms with Crippen molar-refractivity contribution in [3.05, 3.63) is 35.9 Å². The molecule has 3 nitrogen and oxygen atoms in total. The van der Waals surface area contributed by atoms with Crippen molar-refractivity contribution in [1.82, 2.24) is 10.2 Å². The number of benzene rings is 1. The Labute approximate surface area is 134 Å². The van der Waals surface area contributed by atoms with E-state index in [1.165, 1.54) is 0 Å². The molecule has 1 unspecified atom stereocenters. The van der Waals surface area contributed by atoms with Gasteiger partial charge in [0, 0.05) is 25.7 Å². The van der Waals surface area contributed by atoms with Gasteiger partial charge in [0.2, 0.25) is 5.91 Å². The summed E-state index contributed by atoms with van der Waals surface area (Å²) in [4.78, 5) is 15.2. The third kappa shape index (κ3) is 3.58. The predicted molar refractivity (Wildman–Crippen MR) is 90.0 cm³/mol. The number of carbonyl (C=O) groups is 1. The van der Waals surface area contributed by atoms with Crippen LogP contribution in [-0.4, -0.2) is 36.5 Å². The Morgan fingerprint density at radius 3 is 2.43 bits per heavy atom. The van der Waals surface area contributed by atoms with Gasteiger partial charge in [0.15, 0.2) is 0 Å². The van der Waals surface area contributed by atoms with Crippen LogP contribution in [0, 0.1) is 0 Å². The average molecular weight is 311 g/mol. The summed E-state index contributed by atoms with van der Waals surface area (Å²) >= 11 is 0. The minimum absolute atomic E-state index is 0. The Hall–Kier alpha value is -1.06. The molecule has 0 spiro atoms. The van der Waals surface area contributed by atoms with Gasteiger partial charge in [-0.05, 0) is 25.3 Å². The average Bonchev–Trinajstić information content (AvgIpc) is 2.50. The van der Waals surface area contributed by atoms with Crippen molar-refractivity contribution >= 4 is 18.3 Å². The first kappa shape index (κ1) is 18.0. The van der Waals surface area contributed by atoms with Gasteiger partial charge in [0.05, 0.1) is 5.41 Å². The number of halogens is 1. The van der Waals surface area contributed by atoms with Crippen molar-refractivity contribution in [2.24, 2.45) is 0 Å². The van der Waals surface area contributed by atoms with E-state index in [0.29, 0.717) is 11.9 Å². The van der Waals surface area contributed by atoms with E-state index in [4.69, 9.17) is 0 Å². The lowest BCUT2D eigenvalue weighted by atomic mass is 9.74. The SMILES string of the molecule is CCC(CC)(C(=O)N1CCNC(C)C1)c1ccccc1.Cl. The fourth-order valence-electron chi connectivity index (χ4n) is 3.26. The topological polar surface area (TPSA) is 32.3 Å². The molecule has 1 N–H and O–H groups in total. The molecule has 1 aromatic carbocycles. The smallest absolute Gasteiger partial charge is 0.233 e. The Kier molecular flexibility index (Phi) is 6.69. The van der Waals surface area contributed by atoms with E-state index in [9.17, 15) is 4.79 Å². The van der Waals surface area contributed by atoms with Crippen LogP contribution >= 0.6 is 12.4 Å². The molecular formula is C17H27ClN2O. The van der Waals surface area contributed by atoms with Gasteiger partial charge in [-0.15, -0.1) is 12.4 Å². The first-order valence-electron chi connectivity index (χ1n) is 7.72. The predicted octanol–water partition coefficient (Wildman–Crippen LogP) is 2.99. The van der Waals surface area contributed by atoms with E-state index in [-0.39, 0.29) is 17.8 Å². The molecule has 4 heteroatoms.